The van der Waals surface area contributed by atoms with Gasteiger partial charge in [-0.2, -0.15) is 0 Å². The maximum Gasteiger partial charge on any atom is 0.255 e. The molecule has 0 bridgehead atoms. The van der Waals surface area contributed by atoms with Gasteiger partial charge in [-0.25, -0.2) is 8.78 Å². The van der Waals surface area contributed by atoms with Crippen LogP contribution < -0.4 is 15.9 Å². The van der Waals surface area contributed by atoms with Crippen LogP contribution in [-0.4, -0.2) is 25.1 Å². The van der Waals surface area contributed by atoms with Gasteiger partial charge in [0.15, 0.2) is 11.6 Å². The lowest BCUT2D eigenvalue weighted by Crippen LogP contribution is -2.22. The lowest BCUT2D eigenvalue weighted by molar-refractivity contribution is 0.437. The number of rotatable bonds is 5. The smallest absolute Gasteiger partial charge is 0.255 e. The Morgan fingerprint density at radius 1 is 1.07 bits per heavy atom. The number of ether oxygens (including phenoxy) is 1. The van der Waals surface area contributed by atoms with Crippen LogP contribution in [0.15, 0.2) is 52.3 Å². The second-order valence-corrected chi connectivity index (χ2v) is 7.97. The maximum absolute atomic E-state index is 14.1. The fourth-order valence-electron chi connectivity index (χ4n) is 2.86. The summed E-state index contributed by atoms with van der Waals surface area (Å²) < 4.78 is 47.1. The molecular formula is C20H20F2N2O5S. The van der Waals surface area contributed by atoms with Gasteiger partial charge in [0.1, 0.15) is 17.4 Å². The molecule has 0 saturated heterocycles. The standard InChI is InChI=1S/C20H18F2N2O4S.H2O/c1-12-6-13(9-23(2)20(12)26)15-10-24(11-29(3)27)19(25)8-18(15)28-17-5-4-14(21)7-16(17)22;/h4-10H,11H2,1-3H3;1H2. The highest BCUT2D eigenvalue weighted by atomic mass is 32.2. The molecule has 1 aromatic carbocycles. The highest BCUT2D eigenvalue weighted by Gasteiger charge is 2.16. The van der Waals surface area contributed by atoms with E-state index in [1.807, 2.05) is 0 Å². The second kappa shape index (κ2) is 9.14. The van der Waals surface area contributed by atoms with Crippen LogP contribution in [0.1, 0.15) is 5.56 Å². The molecule has 10 heteroatoms. The van der Waals surface area contributed by atoms with E-state index in [4.69, 9.17) is 4.74 Å². The molecule has 1 atom stereocenters. The van der Waals surface area contributed by atoms with E-state index in [0.29, 0.717) is 22.8 Å². The SMILES string of the molecule is Cc1cc(-c2cn(CS(C)=O)c(=O)cc2Oc2ccc(F)cc2F)cn(C)c1=O.O. The Morgan fingerprint density at radius 2 is 1.77 bits per heavy atom. The second-order valence-electron chi connectivity index (χ2n) is 6.57. The molecule has 0 amide bonds. The normalized spacial score (nSPS) is 11.6. The van der Waals surface area contributed by atoms with Gasteiger partial charge in [-0.3, -0.25) is 13.8 Å². The van der Waals surface area contributed by atoms with Crippen LogP contribution in [-0.2, 0) is 23.7 Å². The third-order valence-electron chi connectivity index (χ3n) is 4.20. The van der Waals surface area contributed by atoms with Crippen LogP contribution in [0.2, 0.25) is 0 Å². The highest BCUT2D eigenvalue weighted by Crippen LogP contribution is 2.33. The first-order valence-electron chi connectivity index (χ1n) is 8.51. The zero-order valence-electron chi connectivity index (χ0n) is 16.4. The minimum Gasteiger partial charge on any atom is -0.453 e. The number of aryl methyl sites for hydroxylation is 2. The van der Waals surface area contributed by atoms with E-state index in [1.165, 1.54) is 21.6 Å². The topological polar surface area (TPSA) is 102 Å². The number of benzene rings is 1. The van der Waals surface area contributed by atoms with Gasteiger partial charge in [0.25, 0.3) is 11.1 Å². The lowest BCUT2D eigenvalue weighted by Gasteiger charge is -2.15. The van der Waals surface area contributed by atoms with Gasteiger partial charge in [0.05, 0.1) is 0 Å². The largest absolute Gasteiger partial charge is 0.453 e. The Balaban J connectivity index is 0.00000320. The molecule has 2 aromatic heterocycles. The Bertz CT molecular complexity index is 1210. The van der Waals surface area contributed by atoms with E-state index in [-0.39, 0.29) is 28.4 Å². The summed E-state index contributed by atoms with van der Waals surface area (Å²) in [6, 6.07) is 5.59. The molecule has 0 spiro atoms. The zero-order chi connectivity index (χ0) is 21.3. The van der Waals surface area contributed by atoms with Crippen LogP contribution in [0, 0.1) is 18.6 Å². The summed E-state index contributed by atoms with van der Waals surface area (Å²) in [4.78, 5) is 24.4. The van der Waals surface area contributed by atoms with Crippen LogP contribution in [0.5, 0.6) is 11.5 Å². The minimum absolute atomic E-state index is 0. The van der Waals surface area contributed by atoms with Gasteiger partial charge >= 0.3 is 0 Å². The summed E-state index contributed by atoms with van der Waals surface area (Å²) in [6.07, 6.45) is 4.46. The minimum atomic E-state index is -1.29. The zero-order valence-corrected chi connectivity index (χ0v) is 17.3. The van der Waals surface area contributed by atoms with Crippen molar-refractivity contribution in [2.45, 2.75) is 12.8 Å². The van der Waals surface area contributed by atoms with Crippen LogP contribution in [0.4, 0.5) is 8.78 Å². The average Bonchev–Trinajstić information content (AvgIpc) is 2.63. The molecule has 30 heavy (non-hydrogen) atoms. The highest BCUT2D eigenvalue weighted by molar-refractivity contribution is 7.83. The number of nitrogens with zero attached hydrogens (tertiary/aromatic N) is 2. The molecule has 3 rings (SSSR count). The van der Waals surface area contributed by atoms with E-state index in [0.717, 1.165) is 18.2 Å². The summed E-state index contributed by atoms with van der Waals surface area (Å²) in [5.74, 6) is -1.96. The van der Waals surface area contributed by atoms with Crippen molar-refractivity contribution in [1.82, 2.24) is 9.13 Å². The quantitative estimate of drug-likeness (QED) is 0.609. The van der Waals surface area contributed by atoms with Crippen LogP contribution >= 0.6 is 0 Å². The van der Waals surface area contributed by atoms with Gasteiger partial charge in [-0.05, 0) is 25.1 Å². The molecular weight excluding hydrogens is 418 g/mol. The van der Waals surface area contributed by atoms with Gasteiger partial charge in [0, 0.05) is 65.3 Å². The van der Waals surface area contributed by atoms with Crippen molar-refractivity contribution in [1.29, 1.82) is 0 Å². The summed E-state index contributed by atoms with van der Waals surface area (Å²) >= 11 is 0. The Hall–Kier alpha value is -3.11. The summed E-state index contributed by atoms with van der Waals surface area (Å²) in [5, 5.41) is 0. The molecule has 2 N–H and O–H groups in total. The first-order chi connectivity index (χ1) is 13.7. The summed E-state index contributed by atoms with van der Waals surface area (Å²) in [7, 11) is 0.290. The molecule has 1 unspecified atom stereocenters. The molecule has 0 fully saturated rings. The Labute approximate surface area is 172 Å². The number of hydrogen-bond acceptors (Lipinski definition) is 4. The molecule has 0 saturated carbocycles. The van der Waals surface area contributed by atoms with Crippen molar-refractivity contribution in [2.24, 2.45) is 7.05 Å². The molecule has 7 nitrogen and oxygen atoms in total. The van der Waals surface area contributed by atoms with Crippen LogP contribution in [0.3, 0.4) is 0 Å². The van der Waals surface area contributed by atoms with Crippen molar-refractivity contribution in [2.75, 3.05) is 6.26 Å². The number of hydrogen-bond donors (Lipinski definition) is 0. The predicted octanol–water partition coefficient (Wildman–Crippen LogP) is 2.10. The number of aromatic nitrogens is 2. The van der Waals surface area contributed by atoms with Gasteiger partial charge < -0.3 is 19.3 Å². The molecule has 3 aromatic rings. The average molecular weight is 438 g/mol. The predicted molar refractivity (Wildman–Crippen MR) is 110 cm³/mol. The third kappa shape index (κ3) is 4.89. The Morgan fingerprint density at radius 3 is 2.37 bits per heavy atom. The third-order valence-corrected chi connectivity index (χ3v) is 4.84. The molecule has 0 radical (unpaired) electrons. The van der Waals surface area contributed by atoms with E-state index in [1.54, 1.807) is 26.2 Å². The fraction of sp³-hybridized carbons (Fsp3) is 0.200. The molecule has 0 aliphatic rings. The fourth-order valence-corrected chi connectivity index (χ4v) is 3.45. The monoisotopic (exact) mass is 438 g/mol. The van der Waals surface area contributed by atoms with Crippen molar-refractivity contribution >= 4 is 10.8 Å². The van der Waals surface area contributed by atoms with E-state index in [9.17, 15) is 22.6 Å². The molecule has 2 heterocycles. The van der Waals surface area contributed by atoms with Crippen molar-refractivity contribution in [3.05, 3.63) is 80.6 Å². The molecule has 0 aliphatic heterocycles. The number of pyridine rings is 2. The molecule has 160 valence electrons. The van der Waals surface area contributed by atoms with E-state index < -0.39 is 28.0 Å². The first kappa shape index (κ1) is 23.2. The molecule has 0 aliphatic carbocycles. The lowest BCUT2D eigenvalue weighted by atomic mass is 10.1. The summed E-state index contributed by atoms with van der Waals surface area (Å²) in [5.41, 5.74) is 0.697. The van der Waals surface area contributed by atoms with Crippen molar-refractivity contribution in [3.8, 4) is 22.6 Å². The number of halogens is 2. The van der Waals surface area contributed by atoms with Crippen molar-refractivity contribution < 1.29 is 23.2 Å². The van der Waals surface area contributed by atoms with E-state index >= 15 is 0 Å². The Kier molecular flexibility index (Phi) is 7.06. The van der Waals surface area contributed by atoms with Crippen molar-refractivity contribution in [3.63, 3.8) is 0 Å². The van der Waals surface area contributed by atoms with Crippen LogP contribution in [0.25, 0.3) is 11.1 Å². The maximum atomic E-state index is 14.1. The summed E-state index contributed by atoms with van der Waals surface area (Å²) in [6.45, 7) is 1.64. The van der Waals surface area contributed by atoms with Gasteiger partial charge in [-0.15, -0.1) is 0 Å². The van der Waals surface area contributed by atoms with E-state index in [2.05, 4.69) is 0 Å². The first-order valence-corrected chi connectivity index (χ1v) is 10.2. The van der Waals surface area contributed by atoms with Gasteiger partial charge in [-0.1, -0.05) is 0 Å². The van der Waals surface area contributed by atoms with Gasteiger partial charge in [0.2, 0.25) is 0 Å².